The minimum atomic E-state index is 0. The van der Waals surface area contributed by atoms with Crippen LogP contribution in [-0.2, 0) is 50.3 Å². The van der Waals surface area contributed by atoms with E-state index in [0.29, 0.717) is 0 Å². The van der Waals surface area contributed by atoms with Crippen molar-refractivity contribution in [1.29, 1.82) is 0 Å². The van der Waals surface area contributed by atoms with Crippen LogP contribution in [0.3, 0.4) is 0 Å². The molecule has 0 atom stereocenters. The third kappa shape index (κ3) is 49.1. The van der Waals surface area contributed by atoms with Crippen LogP contribution in [0.4, 0.5) is 0 Å². The van der Waals surface area contributed by atoms with Crippen molar-refractivity contribution in [3.8, 4) is 0 Å². The topological polar surface area (TPSA) is 0 Å². The van der Waals surface area contributed by atoms with E-state index < -0.39 is 0 Å². The normalized spacial score (nSPS) is 0. The summed E-state index contributed by atoms with van der Waals surface area (Å²) < 4.78 is 0. The summed E-state index contributed by atoms with van der Waals surface area (Å²) in [5, 5.41) is 0. The van der Waals surface area contributed by atoms with Gasteiger partial charge in [-0.15, -0.1) is 0 Å². The first kappa shape index (κ1) is 87.1. The van der Waals surface area contributed by atoms with Crippen LogP contribution in [0.25, 0.3) is 0 Å². The zero-order valence-electron chi connectivity index (χ0n) is 1.00. The fourth-order valence-corrected chi connectivity index (χ4v) is 0. The molecule has 0 aromatic heterocycles. The Morgan fingerprint density at radius 3 is 0.250 bits per heavy atom. The molecule has 0 saturated carbocycles. The Bertz CT molecular complexity index is 7.64. The Kier molecular flexibility index (Phi) is 722. The van der Waals surface area contributed by atoms with Crippen LogP contribution in [-0.4, -0.2) is 86.8 Å². The number of rotatable bonds is 0. The number of hydrogen-bond acceptors (Lipinski definition) is 0. The van der Waals surface area contributed by atoms with Crippen LogP contribution in [0.5, 0.6) is 0 Å². The minimum Gasteiger partial charge on any atom is 0 e. The zero-order valence-corrected chi connectivity index (χ0v) is 4.12. The summed E-state index contributed by atoms with van der Waals surface area (Å²) in [7, 11) is 0. The maximum atomic E-state index is 0. The van der Waals surface area contributed by atoms with Gasteiger partial charge in [-0.05, 0) is 0 Å². The molecule has 0 amide bonds. The molecule has 0 aliphatic carbocycles. The van der Waals surface area contributed by atoms with E-state index >= 15 is 0 Å². The molecule has 0 N–H and O–H groups in total. The zero-order chi connectivity index (χ0) is 0. The first-order valence-electron chi connectivity index (χ1n) is 0. The summed E-state index contributed by atoms with van der Waals surface area (Å²) in [6, 6.07) is 0. The van der Waals surface area contributed by atoms with E-state index in [0.717, 1.165) is 0 Å². The predicted octanol–water partition coefficient (Wildman–Crippen LogP) is -5.93. The molecule has 0 unspecified atom stereocenters. The van der Waals surface area contributed by atoms with Gasteiger partial charge < -0.3 is 0 Å². The Hall–Kier alpha value is 4.18. The molecule has 57 valence electrons. The van der Waals surface area contributed by atoms with Crippen molar-refractivity contribution in [3.63, 3.8) is 0 Å². The van der Waals surface area contributed by atoms with Crippen LogP contribution >= 0.6 is 0 Å². The molecule has 0 spiro atoms. The molecule has 0 nitrogen and oxygen atoms in total. The van der Waals surface area contributed by atoms with Gasteiger partial charge in [-0.1, -0.05) is 0 Å². The van der Waals surface area contributed by atoms with Gasteiger partial charge in [-0.2, -0.15) is 0 Å². The van der Waals surface area contributed by atoms with Crippen molar-refractivity contribution in [1.82, 2.24) is 0 Å². The van der Waals surface area contributed by atoms with Gasteiger partial charge >= 0.3 is 0 Å². The summed E-state index contributed by atoms with van der Waals surface area (Å²) in [4.78, 5) is 0. The van der Waals surface area contributed by atoms with Crippen molar-refractivity contribution in [2.45, 2.75) is 0 Å². The van der Waals surface area contributed by atoms with Gasteiger partial charge in [0.1, 0.15) is 0 Å². The van der Waals surface area contributed by atoms with Crippen LogP contribution in [0.2, 0.25) is 0 Å². The second kappa shape index (κ2) is 66.3. The molecule has 0 fully saturated rings. The van der Waals surface area contributed by atoms with E-state index in [4.69, 9.17) is 0 Å². The Morgan fingerprint density at radius 1 is 0.250 bits per heavy atom. The van der Waals surface area contributed by atoms with Crippen LogP contribution in [0, 0.1) is 0 Å². The van der Waals surface area contributed by atoms with Gasteiger partial charge in [0.15, 0.2) is 86.8 Å². The van der Waals surface area contributed by atoms with Crippen molar-refractivity contribution in [2.75, 3.05) is 0 Å². The molecule has 8 heteroatoms. The molecule has 0 bridgehead atoms. The quantitative estimate of drug-likeness (QED) is 0.389. The fraction of sp³-hybridized carbons (Fsp3) is 0. The van der Waals surface area contributed by atoms with E-state index in [1.165, 1.54) is 0 Å². The Balaban J connectivity index is 0. The van der Waals surface area contributed by atoms with Crippen molar-refractivity contribution in [3.05, 3.63) is 0 Å². The van der Waals surface area contributed by atoms with Gasteiger partial charge in [0, 0.05) is 50.3 Å². The van der Waals surface area contributed by atoms with E-state index in [1.807, 2.05) is 0 Å². The smallest absolute Gasteiger partial charge is 0 e. The SMILES string of the molecule is [AlH3].[AlH3].[AlH3].[AlH3].[AlH3].[Co].[Co].[Co]. The van der Waals surface area contributed by atoms with E-state index in [1.54, 1.807) is 0 Å². The van der Waals surface area contributed by atoms with Gasteiger partial charge in [0.25, 0.3) is 0 Å². The van der Waals surface area contributed by atoms with Crippen LogP contribution < -0.4 is 0 Å². The van der Waals surface area contributed by atoms with Gasteiger partial charge in [0.05, 0.1) is 0 Å². The number of hydrogen-bond donors (Lipinski definition) is 0. The largest absolute Gasteiger partial charge is 0.187 e. The molecule has 0 aliphatic rings. The predicted molar refractivity (Wildman–Crippen MR) is 49.7 cm³/mol. The van der Waals surface area contributed by atoms with Crippen molar-refractivity contribution >= 4 is 86.8 Å². The third-order valence-electron chi connectivity index (χ3n) is 0. The van der Waals surface area contributed by atoms with Crippen LogP contribution in [0.15, 0.2) is 0 Å². The summed E-state index contributed by atoms with van der Waals surface area (Å²) in [6.07, 6.45) is 0. The summed E-state index contributed by atoms with van der Waals surface area (Å²) >= 11 is 0. The van der Waals surface area contributed by atoms with Gasteiger partial charge in [-0.3, -0.25) is 0 Å². The van der Waals surface area contributed by atoms with Gasteiger partial charge in [0.2, 0.25) is 0 Å². The van der Waals surface area contributed by atoms with E-state index in [-0.39, 0.29) is 137 Å². The molecule has 0 saturated heterocycles. The average Bonchev–Trinajstić information content (AvgIpc) is 0. The van der Waals surface area contributed by atoms with Crippen molar-refractivity contribution in [2.24, 2.45) is 0 Å². The first-order chi connectivity index (χ1) is 0. The van der Waals surface area contributed by atoms with E-state index in [2.05, 4.69) is 0 Å². The Labute approximate surface area is 135 Å². The molecule has 0 rings (SSSR count). The van der Waals surface area contributed by atoms with Gasteiger partial charge in [-0.25, -0.2) is 0 Å². The fourth-order valence-electron chi connectivity index (χ4n) is 0. The van der Waals surface area contributed by atoms with Crippen LogP contribution in [0.1, 0.15) is 0 Å². The molecule has 0 aromatic carbocycles. The summed E-state index contributed by atoms with van der Waals surface area (Å²) in [5.74, 6) is 0. The maximum Gasteiger partial charge on any atom is 0.187 e. The minimum absolute atomic E-state index is 0. The summed E-state index contributed by atoms with van der Waals surface area (Å²) in [5.41, 5.74) is 0. The molecule has 0 heterocycles. The first-order valence-corrected chi connectivity index (χ1v) is 0. The molecular formula is H15Al5Co3. The molecule has 0 aliphatic heterocycles. The van der Waals surface area contributed by atoms with Crippen molar-refractivity contribution < 1.29 is 50.3 Å². The average molecular weight is 327 g/mol. The second-order valence-electron chi connectivity index (χ2n) is 0. The monoisotopic (exact) mass is 327 g/mol. The molecule has 8 heavy (non-hydrogen) atoms. The van der Waals surface area contributed by atoms with E-state index in [9.17, 15) is 0 Å². The molecule has 0 aromatic rings. The molecule has 3 radical (unpaired) electrons. The Morgan fingerprint density at radius 2 is 0.250 bits per heavy atom. The summed E-state index contributed by atoms with van der Waals surface area (Å²) in [6.45, 7) is 0. The second-order valence-corrected chi connectivity index (χ2v) is 0. The maximum absolute atomic E-state index is 0. The third-order valence-corrected chi connectivity index (χ3v) is 0. The standard InChI is InChI=1S/5Al.3Co.15H. The molecular weight excluding hydrogens is 312 g/mol.